The maximum absolute atomic E-state index is 6.11. The van der Waals surface area contributed by atoms with Crippen LogP contribution in [0.15, 0.2) is 59.7 Å². The Kier molecular flexibility index (Phi) is 2.68. The number of allylic oxidation sites excluding steroid dienone is 5. The van der Waals surface area contributed by atoms with Gasteiger partial charge in [0.05, 0.1) is 0 Å². The van der Waals surface area contributed by atoms with Gasteiger partial charge >= 0.3 is 0 Å². The van der Waals surface area contributed by atoms with Gasteiger partial charge in [0.25, 0.3) is 0 Å². The highest BCUT2D eigenvalue weighted by Crippen LogP contribution is 2.39. The highest BCUT2D eigenvalue weighted by molar-refractivity contribution is 6.31. The van der Waals surface area contributed by atoms with Crippen LogP contribution in [-0.2, 0) is 6.42 Å². The second-order valence-corrected chi connectivity index (χ2v) is 7.04. The molecule has 1 heteroatoms. The van der Waals surface area contributed by atoms with Crippen LogP contribution < -0.4 is 0 Å². The maximum atomic E-state index is 6.11. The molecule has 2 aromatic rings. The summed E-state index contributed by atoms with van der Waals surface area (Å²) in [6.45, 7) is 4.51. The molecule has 4 rings (SSSR count). The highest BCUT2D eigenvalue weighted by Gasteiger charge is 2.22. The van der Waals surface area contributed by atoms with Gasteiger partial charge in [0.15, 0.2) is 0 Å². The van der Waals surface area contributed by atoms with Gasteiger partial charge in [-0.15, -0.1) is 0 Å². The third kappa shape index (κ3) is 2.15. The molecule has 2 aromatic carbocycles. The lowest BCUT2D eigenvalue weighted by atomic mass is 9.77. The Morgan fingerprint density at radius 1 is 1.10 bits per heavy atom. The summed E-state index contributed by atoms with van der Waals surface area (Å²) < 4.78 is 0. The molecule has 0 unspecified atom stereocenters. The first-order valence-corrected chi connectivity index (χ1v) is 7.74. The van der Waals surface area contributed by atoms with Crippen LogP contribution in [0, 0.1) is 5.41 Å². The lowest BCUT2D eigenvalue weighted by molar-refractivity contribution is 0.613. The van der Waals surface area contributed by atoms with Gasteiger partial charge in [-0.05, 0) is 57.7 Å². The number of hydrogen-bond acceptors (Lipinski definition) is 0. The van der Waals surface area contributed by atoms with E-state index in [0.29, 0.717) is 0 Å². The fourth-order valence-corrected chi connectivity index (χ4v) is 3.52. The Morgan fingerprint density at radius 2 is 1.95 bits per heavy atom. The smallest absolute Gasteiger partial charge is 0.0412 e. The zero-order chi connectivity index (χ0) is 14.6. The summed E-state index contributed by atoms with van der Waals surface area (Å²) in [4.78, 5) is 0. The number of halogens is 1. The van der Waals surface area contributed by atoms with Gasteiger partial charge in [-0.2, -0.15) is 0 Å². The van der Waals surface area contributed by atoms with E-state index in [2.05, 4.69) is 56.4 Å². The Bertz CT molecular complexity index is 848. The molecule has 0 radical (unpaired) electrons. The molecule has 2 aliphatic carbocycles. The van der Waals surface area contributed by atoms with Crippen molar-refractivity contribution in [2.45, 2.75) is 20.3 Å². The van der Waals surface area contributed by atoms with E-state index in [4.69, 9.17) is 11.6 Å². The van der Waals surface area contributed by atoms with Gasteiger partial charge < -0.3 is 0 Å². The summed E-state index contributed by atoms with van der Waals surface area (Å²) >= 11 is 6.11. The maximum Gasteiger partial charge on any atom is 0.0412 e. The van der Waals surface area contributed by atoms with Gasteiger partial charge in [-0.1, -0.05) is 61.9 Å². The molecule has 0 aromatic heterocycles. The van der Waals surface area contributed by atoms with Crippen molar-refractivity contribution in [1.82, 2.24) is 0 Å². The molecule has 0 aliphatic heterocycles. The molecule has 0 N–H and O–H groups in total. The van der Waals surface area contributed by atoms with Crippen LogP contribution in [0.4, 0.5) is 0 Å². The zero-order valence-corrected chi connectivity index (χ0v) is 13.0. The van der Waals surface area contributed by atoms with Crippen molar-refractivity contribution in [2.24, 2.45) is 5.41 Å². The van der Waals surface area contributed by atoms with Gasteiger partial charge in [-0.3, -0.25) is 0 Å². The summed E-state index contributed by atoms with van der Waals surface area (Å²) in [5, 5.41) is 3.30. The van der Waals surface area contributed by atoms with Gasteiger partial charge in [0, 0.05) is 10.4 Å². The molecule has 0 spiro atoms. The second kappa shape index (κ2) is 4.35. The molecule has 0 bridgehead atoms. The lowest BCUT2D eigenvalue weighted by Gasteiger charge is -2.27. The third-order valence-corrected chi connectivity index (χ3v) is 4.64. The first-order chi connectivity index (χ1) is 10.0. The van der Waals surface area contributed by atoms with E-state index in [1.54, 1.807) is 0 Å². The van der Waals surface area contributed by atoms with E-state index in [1.807, 2.05) is 12.1 Å². The van der Waals surface area contributed by atoms with E-state index >= 15 is 0 Å². The molecular formula is C20H17Cl. The van der Waals surface area contributed by atoms with Crippen molar-refractivity contribution >= 4 is 28.4 Å². The molecule has 0 amide bonds. The number of rotatable bonds is 0. The Labute approximate surface area is 130 Å². The quantitative estimate of drug-likeness (QED) is 0.562. The summed E-state index contributed by atoms with van der Waals surface area (Å²) in [6.07, 6.45) is 10.3. The lowest BCUT2D eigenvalue weighted by Crippen LogP contribution is -2.13. The largest absolute Gasteiger partial charge is 0.0843 e. The minimum atomic E-state index is 0.161. The number of hydrogen-bond donors (Lipinski definition) is 0. The van der Waals surface area contributed by atoms with Gasteiger partial charge in [0.2, 0.25) is 0 Å². The van der Waals surface area contributed by atoms with Crippen LogP contribution in [-0.4, -0.2) is 0 Å². The monoisotopic (exact) mass is 292 g/mol. The first-order valence-electron chi connectivity index (χ1n) is 7.36. The third-order valence-electron chi connectivity index (χ3n) is 4.40. The van der Waals surface area contributed by atoms with Crippen molar-refractivity contribution in [3.8, 4) is 0 Å². The molecule has 104 valence electrons. The Balaban J connectivity index is 1.95. The Morgan fingerprint density at radius 3 is 2.81 bits per heavy atom. The molecule has 0 atom stereocenters. The van der Waals surface area contributed by atoms with Gasteiger partial charge in [0.1, 0.15) is 0 Å². The van der Waals surface area contributed by atoms with Crippen LogP contribution in [0.5, 0.6) is 0 Å². The average Bonchev–Trinajstić information content (AvgIpc) is 2.44. The fraction of sp³-hybridized carbons (Fsp3) is 0.200. The van der Waals surface area contributed by atoms with Crippen LogP contribution >= 0.6 is 11.6 Å². The van der Waals surface area contributed by atoms with Crippen LogP contribution in [0.25, 0.3) is 16.8 Å². The van der Waals surface area contributed by atoms with Crippen molar-refractivity contribution < 1.29 is 0 Å². The fourth-order valence-electron chi connectivity index (χ4n) is 3.34. The minimum absolute atomic E-state index is 0.161. The first kappa shape index (κ1) is 12.9. The van der Waals surface area contributed by atoms with Crippen molar-refractivity contribution in [3.63, 3.8) is 0 Å². The van der Waals surface area contributed by atoms with E-state index in [0.717, 1.165) is 11.4 Å². The molecule has 0 fully saturated rings. The summed E-state index contributed by atoms with van der Waals surface area (Å²) in [5.41, 5.74) is 5.72. The number of fused-ring (bicyclic) bond motifs is 4. The molecule has 2 aliphatic rings. The standard InChI is InChI=1S/C20H17Cl/c1-20(2)8-7-13-11-19-14(9-16(13)12-20)3-4-15-10-17(21)5-6-18(15)19/h3-8,10-12H,9H2,1-2H3. The predicted molar refractivity (Wildman–Crippen MR) is 91.6 cm³/mol. The van der Waals surface area contributed by atoms with Crippen LogP contribution in [0.2, 0.25) is 5.02 Å². The van der Waals surface area contributed by atoms with Crippen LogP contribution in [0.1, 0.15) is 25.0 Å². The molecular weight excluding hydrogens is 276 g/mol. The summed E-state index contributed by atoms with van der Waals surface area (Å²) in [7, 11) is 0. The normalized spacial score (nSPS) is 18.8. The number of benzene rings is 2. The van der Waals surface area contributed by atoms with Gasteiger partial charge in [-0.25, -0.2) is 0 Å². The van der Waals surface area contributed by atoms with Crippen molar-refractivity contribution in [1.29, 1.82) is 0 Å². The zero-order valence-electron chi connectivity index (χ0n) is 12.3. The van der Waals surface area contributed by atoms with E-state index in [-0.39, 0.29) is 5.41 Å². The average molecular weight is 293 g/mol. The van der Waals surface area contributed by atoms with Crippen LogP contribution in [0.3, 0.4) is 0 Å². The molecule has 21 heavy (non-hydrogen) atoms. The highest BCUT2D eigenvalue weighted by atomic mass is 35.5. The molecule has 0 saturated carbocycles. The van der Waals surface area contributed by atoms with E-state index in [9.17, 15) is 0 Å². The summed E-state index contributed by atoms with van der Waals surface area (Å²) in [5.74, 6) is 0. The predicted octanol–water partition coefficient (Wildman–Crippen LogP) is 5.96. The van der Waals surface area contributed by atoms with E-state index < -0.39 is 0 Å². The second-order valence-electron chi connectivity index (χ2n) is 6.60. The summed E-state index contributed by atoms with van der Waals surface area (Å²) in [6, 6.07) is 10.6. The van der Waals surface area contributed by atoms with E-state index in [1.165, 1.54) is 33.0 Å². The van der Waals surface area contributed by atoms with Crippen molar-refractivity contribution in [3.05, 3.63) is 75.9 Å². The minimum Gasteiger partial charge on any atom is -0.0843 e. The Hall–Kier alpha value is -1.79. The molecule has 0 heterocycles. The SMILES string of the molecule is CC1(C)C=CC2=Cc3c(ccc4cc(Cl)ccc34)CC2=C1. The van der Waals surface area contributed by atoms with Crippen molar-refractivity contribution in [2.75, 3.05) is 0 Å². The topological polar surface area (TPSA) is 0 Å². The molecule has 0 saturated heterocycles. The molecule has 0 nitrogen and oxygen atoms in total.